The molecular formula is C27H24N6O2. The fourth-order valence-electron chi connectivity index (χ4n) is 4.42. The van der Waals surface area contributed by atoms with Gasteiger partial charge >= 0.3 is 0 Å². The SMILES string of the molecule is COc1ncc(-c2ccc3ncnc(-c4cccc(C(=O)N5CCNC(C)C5)c4)c3c2)cc1C#N. The molecule has 1 fully saturated rings. The summed E-state index contributed by atoms with van der Waals surface area (Å²) in [5, 5.41) is 13.7. The number of hydrogen-bond donors (Lipinski definition) is 1. The van der Waals surface area contributed by atoms with Gasteiger partial charge in [-0.3, -0.25) is 4.79 Å². The van der Waals surface area contributed by atoms with E-state index in [9.17, 15) is 10.1 Å². The van der Waals surface area contributed by atoms with Gasteiger partial charge in [0.25, 0.3) is 5.91 Å². The van der Waals surface area contributed by atoms with Gasteiger partial charge in [-0.05, 0) is 42.8 Å². The number of carbonyl (C=O) groups is 1. The second-order valence-corrected chi connectivity index (χ2v) is 8.53. The van der Waals surface area contributed by atoms with Crippen LogP contribution in [0.25, 0.3) is 33.3 Å². The first-order valence-corrected chi connectivity index (χ1v) is 11.4. The number of methoxy groups -OCH3 is 1. The molecule has 174 valence electrons. The van der Waals surface area contributed by atoms with E-state index in [0.717, 1.165) is 39.8 Å². The van der Waals surface area contributed by atoms with Crippen LogP contribution in [0.15, 0.2) is 61.1 Å². The molecule has 8 nitrogen and oxygen atoms in total. The summed E-state index contributed by atoms with van der Waals surface area (Å²) in [4.78, 5) is 28.3. The number of carbonyl (C=O) groups excluding carboxylic acids is 1. The number of piperazine rings is 1. The molecule has 0 aliphatic carbocycles. The van der Waals surface area contributed by atoms with E-state index in [1.54, 1.807) is 12.3 Å². The van der Waals surface area contributed by atoms with E-state index >= 15 is 0 Å². The Morgan fingerprint density at radius 1 is 1.11 bits per heavy atom. The molecule has 2 aromatic heterocycles. The summed E-state index contributed by atoms with van der Waals surface area (Å²) < 4.78 is 5.17. The van der Waals surface area contributed by atoms with E-state index in [2.05, 4.69) is 33.3 Å². The van der Waals surface area contributed by atoms with Crippen LogP contribution in [0, 0.1) is 11.3 Å². The summed E-state index contributed by atoms with van der Waals surface area (Å²) in [5.41, 5.74) is 5.03. The van der Waals surface area contributed by atoms with Gasteiger partial charge in [0.15, 0.2) is 0 Å². The van der Waals surface area contributed by atoms with Gasteiger partial charge in [0.05, 0.1) is 18.3 Å². The van der Waals surface area contributed by atoms with Crippen LogP contribution in [0.4, 0.5) is 0 Å². The van der Waals surface area contributed by atoms with Crippen LogP contribution in [0.1, 0.15) is 22.8 Å². The maximum Gasteiger partial charge on any atom is 0.253 e. The van der Waals surface area contributed by atoms with Crippen molar-refractivity contribution in [2.24, 2.45) is 0 Å². The minimum Gasteiger partial charge on any atom is -0.480 e. The molecule has 0 saturated carbocycles. The topological polar surface area (TPSA) is 104 Å². The minimum atomic E-state index is 0.0209. The molecule has 35 heavy (non-hydrogen) atoms. The highest BCUT2D eigenvalue weighted by Crippen LogP contribution is 2.31. The number of nitriles is 1. The van der Waals surface area contributed by atoms with E-state index in [1.807, 2.05) is 47.4 Å². The second kappa shape index (κ2) is 9.49. The number of ether oxygens (including phenoxy) is 1. The van der Waals surface area contributed by atoms with Gasteiger partial charge in [-0.25, -0.2) is 15.0 Å². The lowest BCUT2D eigenvalue weighted by Gasteiger charge is -2.32. The van der Waals surface area contributed by atoms with Gasteiger partial charge in [0.1, 0.15) is 18.0 Å². The summed E-state index contributed by atoms with van der Waals surface area (Å²) in [6.45, 7) is 4.25. The summed E-state index contributed by atoms with van der Waals surface area (Å²) in [6.07, 6.45) is 3.21. The van der Waals surface area contributed by atoms with Crippen molar-refractivity contribution < 1.29 is 9.53 Å². The number of hydrogen-bond acceptors (Lipinski definition) is 7. The highest BCUT2D eigenvalue weighted by atomic mass is 16.5. The van der Waals surface area contributed by atoms with Gasteiger partial charge in [-0.2, -0.15) is 5.26 Å². The Balaban J connectivity index is 1.55. The molecule has 1 saturated heterocycles. The van der Waals surface area contributed by atoms with E-state index in [-0.39, 0.29) is 11.9 Å². The van der Waals surface area contributed by atoms with Crippen molar-refractivity contribution in [3.63, 3.8) is 0 Å². The van der Waals surface area contributed by atoms with E-state index in [1.165, 1.54) is 13.4 Å². The predicted octanol–water partition coefficient (Wildman–Crippen LogP) is 3.67. The molecule has 0 spiro atoms. The molecule has 1 atom stereocenters. The number of amides is 1. The first-order chi connectivity index (χ1) is 17.1. The quantitative estimate of drug-likeness (QED) is 0.491. The smallest absolute Gasteiger partial charge is 0.253 e. The van der Waals surface area contributed by atoms with Crippen LogP contribution < -0.4 is 10.1 Å². The van der Waals surface area contributed by atoms with Crippen LogP contribution in [0.3, 0.4) is 0 Å². The van der Waals surface area contributed by atoms with Crippen molar-refractivity contribution in [2.45, 2.75) is 13.0 Å². The van der Waals surface area contributed by atoms with Crippen LogP contribution in [-0.4, -0.2) is 58.5 Å². The van der Waals surface area contributed by atoms with Crippen LogP contribution in [-0.2, 0) is 0 Å². The zero-order valence-electron chi connectivity index (χ0n) is 19.5. The maximum atomic E-state index is 13.2. The number of aromatic nitrogens is 3. The third-order valence-corrected chi connectivity index (χ3v) is 6.17. The van der Waals surface area contributed by atoms with Crippen LogP contribution in [0.2, 0.25) is 0 Å². The first-order valence-electron chi connectivity index (χ1n) is 11.4. The number of fused-ring (bicyclic) bond motifs is 1. The standard InChI is InChI=1S/C27H24N6O2/c1-17-15-33(9-8-29-17)27(34)20-5-3-4-19(10-20)25-23-12-18(6-7-24(23)31-16-32-25)22-11-21(13-28)26(35-2)30-14-22/h3-7,10-12,14,16-17,29H,8-9,15H2,1-2H3. The molecule has 8 heteroatoms. The lowest BCUT2D eigenvalue weighted by molar-refractivity contribution is 0.0709. The normalized spacial score (nSPS) is 15.6. The summed E-state index contributed by atoms with van der Waals surface area (Å²) in [7, 11) is 1.49. The minimum absolute atomic E-state index is 0.0209. The Hall–Kier alpha value is -4.35. The zero-order valence-corrected chi connectivity index (χ0v) is 19.5. The molecule has 1 aliphatic rings. The maximum absolute atomic E-state index is 13.2. The Morgan fingerprint density at radius 3 is 2.80 bits per heavy atom. The van der Waals surface area contributed by atoms with Crippen molar-refractivity contribution in [2.75, 3.05) is 26.7 Å². The molecule has 3 heterocycles. The number of nitrogens with one attached hydrogen (secondary N) is 1. The Bertz CT molecular complexity index is 1460. The number of pyridine rings is 1. The van der Waals surface area contributed by atoms with Crippen molar-refractivity contribution in [3.8, 4) is 34.3 Å². The summed E-state index contributed by atoms with van der Waals surface area (Å²) in [5.74, 6) is 0.314. The highest BCUT2D eigenvalue weighted by molar-refractivity contribution is 5.98. The molecule has 0 radical (unpaired) electrons. The van der Waals surface area contributed by atoms with E-state index in [0.29, 0.717) is 30.1 Å². The largest absolute Gasteiger partial charge is 0.480 e. The number of nitrogens with zero attached hydrogens (tertiary/aromatic N) is 5. The number of rotatable bonds is 4. The molecule has 4 aromatic rings. The van der Waals surface area contributed by atoms with Crippen molar-refractivity contribution >= 4 is 16.8 Å². The van der Waals surface area contributed by atoms with E-state index < -0.39 is 0 Å². The third kappa shape index (κ3) is 4.42. The lowest BCUT2D eigenvalue weighted by Crippen LogP contribution is -2.51. The van der Waals surface area contributed by atoms with Crippen LogP contribution >= 0.6 is 0 Å². The van der Waals surface area contributed by atoms with Gasteiger partial charge < -0.3 is 15.0 Å². The van der Waals surface area contributed by atoms with Crippen molar-refractivity contribution in [1.82, 2.24) is 25.2 Å². The van der Waals surface area contributed by atoms with Gasteiger partial charge in [0.2, 0.25) is 5.88 Å². The molecule has 5 rings (SSSR count). The molecule has 1 aliphatic heterocycles. The van der Waals surface area contributed by atoms with Gasteiger partial charge in [0, 0.05) is 53.9 Å². The average molecular weight is 465 g/mol. The highest BCUT2D eigenvalue weighted by Gasteiger charge is 2.22. The lowest BCUT2D eigenvalue weighted by atomic mass is 9.99. The average Bonchev–Trinajstić information content (AvgIpc) is 2.91. The Labute approximate surface area is 203 Å². The monoisotopic (exact) mass is 464 g/mol. The molecule has 1 unspecified atom stereocenters. The van der Waals surface area contributed by atoms with Gasteiger partial charge in [-0.1, -0.05) is 18.2 Å². The fourth-order valence-corrected chi connectivity index (χ4v) is 4.42. The van der Waals surface area contributed by atoms with Crippen molar-refractivity contribution in [3.05, 3.63) is 72.2 Å². The molecule has 0 bridgehead atoms. The summed E-state index contributed by atoms with van der Waals surface area (Å²) >= 11 is 0. The first kappa shape index (κ1) is 22.4. The molecule has 1 amide bonds. The second-order valence-electron chi connectivity index (χ2n) is 8.53. The Morgan fingerprint density at radius 2 is 2.00 bits per heavy atom. The number of benzene rings is 2. The summed E-state index contributed by atoms with van der Waals surface area (Å²) in [6, 6.07) is 17.6. The molecule has 1 N–H and O–H groups in total. The van der Waals surface area contributed by atoms with Gasteiger partial charge in [-0.15, -0.1) is 0 Å². The third-order valence-electron chi connectivity index (χ3n) is 6.17. The zero-order chi connectivity index (χ0) is 24.4. The fraction of sp³-hybridized carbons (Fsp3) is 0.222. The molecule has 2 aromatic carbocycles. The van der Waals surface area contributed by atoms with Crippen LogP contribution in [0.5, 0.6) is 5.88 Å². The Kier molecular flexibility index (Phi) is 6.08. The molecular weight excluding hydrogens is 440 g/mol. The predicted molar refractivity (Wildman–Crippen MR) is 133 cm³/mol. The van der Waals surface area contributed by atoms with Crippen molar-refractivity contribution in [1.29, 1.82) is 5.26 Å². The van der Waals surface area contributed by atoms with E-state index in [4.69, 9.17) is 4.74 Å².